The molecule has 2 aromatic rings. The van der Waals surface area contributed by atoms with Gasteiger partial charge in [-0.25, -0.2) is 14.0 Å². The van der Waals surface area contributed by atoms with Crippen LogP contribution in [0.4, 0.5) is 28.0 Å². The smallest absolute Gasteiger partial charge is 0.487 e. The zero-order chi connectivity index (χ0) is 24.7. The van der Waals surface area contributed by atoms with Gasteiger partial charge < -0.3 is 30.0 Å². The zero-order valence-corrected chi connectivity index (χ0v) is 17.7. The summed E-state index contributed by atoms with van der Waals surface area (Å²) >= 11 is 0. The Hall–Kier alpha value is -3.70. The van der Waals surface area contributed by atoms with Crippen molar-refractivity contribution in [2.45, 2.75) is 44.2 Å². The fourth-order valence-electron chi connectivity index (χ4n) is 3.45. The third-order valence-corrected chi connectivity index (χ3v) is 4.92. The Kier molecular flexibility index (Phi) is 8.03. The Morgan fingerprint density at radius 2 is 1.68 bits per heavy atom. The van der Waals surface area contributed by atoms with Gasteiger partial charge in [0.15, 0.2) is 29.7 Å². The lowest BCUT2D eigenvalue weighted by Crippen LogP contribution is -2.41. The number of hydrogen-bond donors (Lipinski definition) is 3. The highest BCUT2D eigenvalue weighted by atomic mass is 19.4. The van der Waals surface area contributed by atoms with Crippen molar-refractivity contribution in [3.8, 4) is 17.2 Å². The highest BCUT2D eigenvalue weighted by Crippen LogP contribution is 2.31. The molecule has 0 unspecified atom stereocenters. The van der Waals surface area contributed by atoms with Gasteiger partial charge in [-0.1, -0.05) is 12.1 Å². The molecule has 34 heavy (non-hydrogen) atoms. The Morgan fingerprint density at radius 1 is 1.00 bits per heavy atom. The molecule has 0 saturated heterocycles. The highest BCUT2D eigenvalue weighted by Gasteiger charge is 2.32. The van der Waals surface area contributed by atoms with Crippen molar-refractivity contribution in [1.29, 1.82) is 0 Å². The van der Waals surface area contributed by atoms with Crippen LogP contribution in [0.5, 0.6) is 17.2 Å². The molecule has 3 rings (SSSR count). The van der Waals surface area contributed by atoms with Crippen LogP contribution in [0.25, 0.3) is 0 Å². The molecule has 3 N–H and O–H groups in total. The molecule has 1 aliphatic carbocycles. The normalized spacial score (nSPS) is 18.0. The topological polar surface area (TPSA) is 106 Å². The predicted octanol–water partition coefficient (Wildman–Crippen LogP) is 4.70. The molecule has 0 aromatic heterocycles. The lowest BCUT2D eigenvalue weighted by Gasteiger charge is -2.30. The summed E-state index contributed by atoms with van der Waals surface area (Å²) in [6, 6.07) is 8.53. The van der Waals surface area contributed by atoms with Crippen LogP contribution < -0.4 is 24.8 Å². The van der Waals surface area contributed by atoms with Crippen LogP contribution in [0.1, 0.15) is 25.7 Å². The average Bonchev–Trinajstić information content (AvgIpc) is 2.75. The third-order valence-electron chi connectivity index (χ3n) is 4.92. The van der Waals surface area contributed by atoms with Crippen molar-refractivity contribution in [1.82, 2.24) is 5.32 Å². The Balaban J connectivity index is 1.46. The molecule has 0 radical (unpaired) electrons. The van der Waals surface area contributed by atoms with Gasteiger partial charge in [0.2, 0.25) is 0 Å². The Bertz CT molecular complexity index is 1010. The lowest BCUT2D eigenvalue weighted by molar-refractivity contribution is -0.275. The monoisotopic (exact) mass is 486 g/mol. The van der Waals surface area contributed by atoms with E-state index in [-0.39, 0.29) is 17.8 Å². The van der Waals surface area contributed by atoms with E-state index in [9.17, 15) is 27.2 Å². The number of anilines is 1. The molecule has 0 atom stereocenters. The average molecular weight is 486 g/mol. The summed E-state index contributed by atoms with van der Waals surface area (Å²) < 4.78 is 65.2. The van der Waals surface area contributed by atoms with Crippen LogP contribution in [0.15, 0.2) is 42.5 Å². The van der Waals surface area contributed by atoms with Gasteiger partial charge in [0.1, 0.15) is 0 Å². The minimum atomic E-state index is -5.02. The van der Waals surface area contributed by atoms with E-state index in [1.165, 1.54) is 0 Å². The standard InChI is InChI=1S/C22H22F4N2O6/c23-16-11-14(7-10-17(16)34-22(24,25)26)28-21(31)27-13-5-8-15(9-6-13)33-19-4-2-1-3-18(19)32-12-20(29)30/h1-4,7,10-11,13,15H,5-6,8-9,12H2,(H,29,30)(H2,27,28,31). The van der Waals surface area contributed by atoms with Crippen molar-refractivity contribution in [3.05, 3.63) is 48.3 Å². The maximum atomic E-state index is 13.8. The SMILES string of the molecule is O=C(O)COc1ccccc1OC1CCC(NC(=O)Nc2ccc(OC(F)(F)F)c(F)c2)CC1. The fourth-order valence-corrected chi connectivity index (χ4v) is 3.45. The minimum absolute atomic E-state index is 0.0282. The van der Waals surface area contributed by atoms with Crippen molar-refractivity contribution in [2.24, 2.45) is 0 Å². The fraction of sp³-hybridized carbons (Fsp3) is 0.364. The van der Waals surface area contributed by atoms with Gasteiger partial charge >= 0.3 is 18.4 Å². The second-order valence-corrected chi connectivity index (χ2v) is 7.51. The first-order valence-corrected chi connectivity index (χ1v) is 10.3. The first-order chi connectivity index (χ1) is 16.1. The molecular weight excluding hydrogens is 464 g/mol. The molecule has 8 nitrogen and oxygen atoms in total. The van der Waals surface area contributed by atoms with E-state index in [0.717, 1.165) is 18.2 Å². The molecule has 12 heteroatoms. The molecule has 0 aliphatic heterocycles. The number of aliphatic carboxylic acids is 1. The number of alkyl halides is 3. The number of nitrogens with one attached hydrogen (secondary N) is 2. The van der Waals surface area contributed by atoms with Gasteiger partial charge in [-0.15, -0.1) is 13.2 Å². The molecule has 0 spiro atoms. The van der Waals surface area contributed by atoms with E-state index >= 15 is 0 Å². The molecule has 1 aliphatic rings. The number of carboxylic acids is 1. The first kappa shape index (κ1) is 24.9. The number of urea groups is 1. The molecule has 2 aromatic carbocycles. The number of halogens is 4. The Labute approximate surface area is 191 Å². The van der Waals surface area contributed by atoms with E-state index in [0.29, 0.717) is 37.2 Å². The van der Waals surface area contributed by atoms with E-state index in [1.807, 2.05) is 0 Å². The second kappa shape index (κ2) is 10.9. The Morgan fingerprint density at radius 3 is 2.29 bits per heavy atom. The van der Waals surface area contributed by atoms with E-state index in [2.05, 4.69) is 15.4 Å². The van der Waals surface area contributed by atoms with Gasteiger partial charge in [0.05, 0.1) is 6.10 Å². The van der Waals surface area contributed by atoms with E-state index < -0.39 is 36.5 Å². The van der Waals surface area contributed by atoms with Crippen molar-refractivity contribution < 1.29 is 46.5 Å². The van der Waals surface area contributed by atoms with Crippen LogP contribution in [0, 0.1) is 5.82 Å². The van der Waals surface area contributed by atoms with Crippen molar-refractivity contribution in [2.75, 3.05) is 11.9 Å². The van der Waals surface area contributed by atoms with Crippen LogP contribution in [0.2, 0.25) is 0 Å². The highest BCUT2D eigenvalue weighted by molar-refractivity contribution is 5.89. The summed E-state index contributed by atoms with van der Waals surface area (Å²) in [5.41, 5.74) is -0.0282. The maximum absolute atomic E-state index is 13.8. The summed E-state index contributed by atoms with van der Waals surface area (Å²) in [5.74, 6) is -2.61. The number of benzene rings is 2. The number of amides is 2. The third kappa shape index (κ3) is 7.71. The summed E-state index contributed by atoms with van der Waals surface area (Å²) in [7, 11) is 0. The summed E-state index contributed by atoms with van der Waals surface area (Å²) in [6.45, 7) is -0.492. The summed E-state index contributed by atoms with van der Waals surface area (Å²) in [6.07, 6.45) is -2.80. The summed E-state index contributed by atoms with van der Waals surface area (Å²) in [5, 5.41) is 13.9. The molecule has 2 amide bonds. The van der Waals surface area contributed by atoms with Crippen LogP contribution in [0.3, 0.4) is 0 Å². The number of hydrogen-bond acceptors (Lipinski definition) is 5. The number of rotatable bonds is 8. The largest absolute Gasteiger partial charge is 0.573 e. The van der Waals surface area contributed by atoms with E-state index in [1.54, 1.807) is 24.3 Å². The number of para-hydroxylation sites is 2. The lowest BCUT2D eigenvalue weighted by atomic mass is 9.93. The number of carbonyl (C=O) groups excluding carboxylic acids is 1. The van der Waals surface area contributed by atoms with Crippen LogP contribution >= 0.6 is 0 Å². The second-order valence-electron chi connectivity index (χ2n) is 7.51. The van der Waals surface area contributed by atoms with Gasteiger partial charge in [-0.2, -0.15) is 0 Å². The maximum Gasteiger partial charge on any atom is 0.573 e. The molecule has 1 saturated carbocycles. The molecule has 184 valence electrons. The number of carboxylic acid groups (broad SMARTS) is 1. The quantitative estimate of drug-likeness (QED) is 0.467. The van der Waals surface area contributed by atoms with Gasteiger partial charge in [0.25, 0.3) is 0 Å². The molecule has 1 fully saturated rings. The van der Waals surface area contributed by atoms with Gasteiger partial charge in [-0.3, -0.25) is 0 Å². The van der Waals surface area contributed by atoms with Gasteiger partial charge in [0, 0.05) is 17.8 Å². The van der Waals surface area contributed by atoms with E-state index in [4.69, 9.17) is 14.6 Å². The zero-order valence-electron chi connectivity index (χ0n) is 17.7. The van der Waals surface area contributed by atoms with Crippen LogP contribution in [-0.2, 0) is 4.79 Å². The molecular formula is C22H22F4N2O6. The predicted molar refractivity (Wildman–Crippen MR) is 111 cm³/mol. The van der Waals surface area contributed by atoms with Crippen LogP contribution in [-0.4, -0.2) is 42.2 Å². The minimum Gasteiger partial charge on any atom is -0.487 e. The number of carbonyl (C=O) groups is 2. The van der Waals surface area contributed by atoms with Crippen molar-refractivity contribution in [3.63, 3.8) is 0 Å². The van der Waals surface area contributed by atoms with Gasteiger partial charge in [-0.05, 0) is 49.9 Å². The molecule has 0 heterocycles. The number of ether oxygens (including phenoxy) is 3. The first-order valence-electron chi connectivity index (χ1n) is 10.3. The molecule has 0 bridgehead atoms. The van der Waals surface area contributed by atoms with Crippen molar-refractivity contribution >= 4 is 17.7 Å². The summed E-state index contributed by atoms with van der Waals surface area (Å²) in [4.78, 5) is 22.9.